The number of benzene rings is 1. The van der Waals surface area contributed by atoms with Crippen LogP contribution in [0.25, 0.3) is 0 Å². The van der Waals surface area contributed by atoms with Gasteiger partial charge in [-0.15, -0.1) is 11.6 Å². The van der Waals surface area contributed by atoms with Crippen LogP contribution >= 0.6 is 43.5 Å². The van der Waals surface area contributed by atoms with Crippen molar-refractivity contribution < 1.29 is 8.42 Å². The third kappa shape index (κ3) is 2.79. The molecule has 0 saturated heterocycles. The Kier molecular flexibility index (Phi) is 4.83. The van der Waals surface area contributed by atoms with Crippen LogP contribution in [0.4, 0.5) is 0 Å². The molecule has 0 N–H and O–H groups in total. The molecule has 16 heavy (non-hydrogen) atoms. The molecule has 90 valence electrons. The highest BCUT2D eigenvalue weighted by Gasteiger charge is 2.24. The van der Waals surface area contributed by atoms with E-state index in [1.165, 1.54) is 14.1 Å². The molecule has 0 aromatic heterocycles. The van der Waals surface area contributed by atoms with Crippen molar-refractivity contribution >= 4 is 53.5 Å². The quantitative estimate of drug-likeness (QED) is 0.742. The predicted octanol–water partition coefficient (Wildman–Crippen LogP) is 3.20. The van der Waals surface area contributed by atoms with E-state index < -0.39 is 10.0 Å². The van der Waals surface area contributed by atoms with Crippen molar-refractivity contribution in [3.63, 3.8) is 0 Å². The molecule has 0 fully saturated rings. The van der Waals surface area contributed by atoms with Gasteiger partial charge in [0, 0.05) is 28.9 Å². The molecule has 0 unspecified atom stereocenters. The molecule has 0 amide bonds. The van der Waals surface area contributed by atoms with Gasteiger partial charge in [-0.2, -0.15) is 0 Å². The molecular formula is C9H10Br2ClNO2S. The largest absolute Gasteiger partial charge is 0.244 e. The Hall–Kier alpha value is 0.380. The molecule has 0 aliphatic heterocycles. The first-order valence-corrected chi connectivity index (χ1v) is 7.83. The van der Waals surface area contributed by atoms with Gasteiger partial charge in [-0.05, 0) is 49.6 Å². The van der Waals surface area contributed by atoms with Crippen LogP contribution in [0.3, 0.4) is 0 Å². The number of rotatable bonds is 3. The Morgan fingerprint density at radius 1 is 1.25 bits per heavy atom. The van der Waals surface area contributed by atoms with E-state index in [0.29, 0.717) is 14.8 Å². The van der Waals surface area contributed by atoms with Gasteiger partial charge in [-0.1, -0.05) is 0 Å². The fraction of sp³-hybridized carbons (Fsp3) is 0.333. The monoisotopic (exact) mass is 389 g/mol. The molecule has 0 atom stereocenters. The molecule has 3 nitrogen and oxygen atoms in total. The van der Waals surface area contributed by atoms with E-state index in [2.05, 4.69) is 31.9 Å². The van der Waals surface area contributed by atoms with Crippen LogP contribution in [0.2, 0.25) is 0 Å². The van der Waals surface area contributed by atoms with E-state index in [1.54, 1.807) is 12.1 Å². The Morgan fingerprint density at radius 2 is 1.69 bits per heavy atom. The van der Waals surface area contributed by atoms with Crippen LogP contribution in [0.5, 0.6) is 0 Å². The molecule has 1 rings (SSSR count). The number of hydrogen-bond acceptors (Lipinski definition) is 2. The van der Waals surface area contributed by atoms with E-state index in [0.717, 1.165) is 9.87 Å². The zero-order valence-electron chi connectivity index (χ0n) is 8.67. The molecule has 1 aromatic carbocycles. The molecule has 0 heterocycles. The highest BCUT2D eigenvalue weighted by atomic mass is 79.9. The summed E-state index contributed by atoms with van der Waals surface area (Å²) in [6.45, 7) is 0. The first kappa shape index (κ1) is 14.4. The van der Waals surface area contributed by atoms with Crippen LogP contribution in [0, 0.1) is 0 Å². The second-order valence-corrected chi connectivity index (χ2v) is 7.37. The van der Waals surface area contributed by atoms with E-state index in [4.69, 9.17) is 11.6 Å². The maximum Gasteiger partial charge on any atom is 0.244 e. The number of nitrogens with zero attached hydrogens (tertiary/aromatic N) is 1. The fourth-order valence-corrected chi connectivity index (χ4v) is 4.76. The van der Waals surface area contributed by atoms with Gasteiger partial charge in [0.15, 0.2) is 0 Å². The van der Waals surface area contributed by atoms with Crippen LogP contribution in [-0.2, 0) is 15.9 Å². The zero-order chi connectivity index (χ0) is 12.5. The maximum atomic E-state index is 12.0. The van der Waals surface area contributed by atoms with Crippen molar-refractivity contribution in [2.24, 2.45) is 0 Å². The third-order valence-corrected chi connectivity index (χ3v) is 5.95. The lowest BCUT2D eigenvalue weighted by atomic mass is 10.2. The van der Waals surface area contributed by atoms with E-state index in [-0.39, 0.29) is 4.90 Å². The number of hydrogen-bond donors (Lipinski definition) is 0. The van der Waals surface area contributed by atoms with Gasteiger partial charge in [0.25, 0.3) is 0 Å². The number of sulfonamides is 1. The lowest BCUT2D eigenvalue weighted by molar-refractivity contribution is 0.519. The summed E-state index contributed by atoms with van der Waals surface area (Å²) in [6, 6.07) is 3.41. The van der Waals surface area contributed by atoms with E-state index >= 15 is 0 Å². The summed E-state index contributed by atoms with van der Waals surface area (Å²) < 4.78 is 26.2. The summed E-state index contributed by atoms with van der Waals surface area (Å²) in [5.41, 5.74) is 0.845. The van der Waals surface area contributed by atoms with Crippen LogP contribution in [-0.4, -0.2) is 26.8 Å². The van der Waals surface area contributed by atoms with Crippen molar-refractivity contribution in [1.82, 2.24) is 4.31 Å². The van der Waals surface area contributed by atoms with E-state index in [9.17, 15) is 8.42 Å². The Morgan fingerprint density at radius 3 is 2.00 bits per heavy atom. The summed E-state index contributed by atoms with van der Waals surface area (Å²) in [7, 11) is -0.487. The van der Waals surface area contributed by atoms with Gasteiger partial charge in [0.1, 0.15) is 4.90 Å². The molecule has 1 aromatic rings. The summed E-state index contributed by atoms with van der Waals surface area (Å²) in [5.74, 6) is 0.333. The molecule has 0 saturated carbocycles. The molecule has 0 aliphatic carbocycles. The minimum Gasteiger partial charge on any atom is -0.207 e. The summed E-state index contributed by atoms with van der Waals surface area (Å²) >= 11 is 12.2. The third-order valence-electron chi connectivity index (χ3n) is 1.95. The average molecular weight is 392 g/mol. The predicted molar refractivity (Wildman–Crippen MR) is 72.3 cm³/mol. The lowest BCUT2D eigenvalue weighted by Gasteiger charge is -2.15. The van der Waals surface area contributed by atoms with Crippen molar-refractivity contribution in [2.75, 3.05) is 14.1 Å². The second kappa shape index (κ2) is 5.35. The Labute approximate surface area is 117 Å². The summed E-state index contributed by atoms with van der Waals surface area (Å²) in [5, 5.41) is 0. The van der Waals surface area contributed by atoms with Crippen LogP contribution in [0.15, 0.2) is 26.0 Å². The van der Waals surface area contributed by atoms with Gasteiger partial charge in [0.05, 0.1) is 0 Å². The van der Waals surface area contributed by atoms with Crippen molar-refractivity contribution in [1.29, 1.82) is 0 Å². The smallest absolute Gasteiger partial charge is 0.207 e. The minimum atomic E-state index is -3.47. The molecule has 0 aliphatic rings. The lowest BCUT2D eigenvalue weighted by Crippen LogP contribution is -2.23. The molecule has 0 radical (unpaired) electrons. The van der Waals surface area contributed by atoms with Gasteiger partial charge < -0.3 is 0 Å². The zero-order valence-corrected chi connectivity index (χ0v) is 13.4. The maximum absolute atomic E-state index is 12.0. The molecule has 0 bridgehead atoms. The highest BCUT2D eigenvalue weighted by molar-refractivity contribution is 9.11. The van der Waals surface area contributed by atoms with Crippen LogP contribution < -0.4 is 0 Å². The summed E-state index contributed by atoms with van der Waals surface area (Å²) in [6.07, 6.45) is 0. The fourth-order valence-electron chi connectivity index (χ4n) is 1.12. The van der Waals surface area contributed by atoms with Gasteiger partial charge in [0.2, 0.25) is 10.0 Å². The first-order valence-electron chi connectivity index (χ1n) is 4.27. The standard InChI is InChI=1S/C9H10Br2ClNO2S/c1-13(2)16(14,15)9-7(10)3-6(5-12)4-8(9)11/h3-4H,5H2,1-2H3. The molecule has 0 spiro atoms. The number of alkyl halides is 1. The van der Waals surface area contributed by atoms with E-state index in [1.807, 2.05) is 0 Å². The second-order valence-electron chi connectivity index (χ2n) is 3.31. The molecule has 7 heteroatoms. The van der Waals surface area contributed by atoms with Crippen molar-refractivity contribution in [3.8, 4) is 0 Å². The van der Waals surface area contributed by atoms with Gasteiger partial charge >= 0.3 is 0 Å². The molecular weight excluding hydrogens is 381 g/mol. The highest BCUT2D eigenvalue weighted by Crippen LogP contribution is 2.33. The normalized spacial score (nSPS) is 12.1. The SMILES string of the molecule is CN(C)S(=O)(=O)c1c(Br)cc(CCl)cc1Br. The first-order chi connectivity index (χ1) is 7.30. The van der Waals surface area contributed by atoms with Crippen LogP contribution in [0.1, 0.15) is 5.56 Å². The van der Waals surface area contributed by atoms with Crippen molar-refractivity contribution in [2.45, 2.75) is 10.8 Å². The number of halogens is 3. The van der Waals surface area contributed by atoms with Gasteiger partial charge in [-0.25, -0.2) is 12.7 Å². The average Bonchev–Trinajstić information content (AvgIpc) is 2.15. The van der Waals surface area contributed by atoms with Gasteiger partial charge in [-0.3, -0.25) is 0 Å². The minimum absolute atomic E-state index is 0.214. The Balaban J connectivity index is 3.48. The van der Waals surface area contributed by atoms with Crippen molar-refractivity contribution in [3.05, 3.63) is 26.6 Å². The summed E-state index contributed by atoms with van der Waals surface area (Å²) in [4.78, 5) is 0.214. The topological polar surface area (TPSA) is 37.4 Å². The Bertz CT molecular complexity index is 479.